The van der Waals surface area contributed by atoms with E-state index in [1.807, 2.05) is 25.1 Å². The topological polar surface area (TPSA) is 78.6 Å². The molecule has 0 aliphatic rings. The zero-order valence-electron chi connectivity index (χ0n) is 12.6. The Hall–Kier alpha value is -2.63. The third-order valence-corrected chi connectivity index (χ3v) is 3.09. The minimum atomic E-state index is 0.548. The van der Waals surface area contributed by atoms with Gasteiger partial charge in [-0.15, -0.1) is 0 Å². The van der Waals surface area contributed by atoms with Gasteiger partial charge in [-0.3, -0.25) is 0 Å². The van der Waals surface area contributed by atoms with E-state index in [1.54, 1.807) is 27.5 Å². The molecular formula is C15H19N3O3. The Morgan fingerprint density at radius 2 is 1.62 bits per heavy atom. The number of hydrogen-bond acceptors (Lipinski definition) is 6. The summed E-state index contributed by atoms with van der Waals surface area (Å²) in [5.41, 5.74) is 8.16. The van der Waals surface area contributed by atoms with Crippen LogP contribution in [0.4, 0.5) is 17.2 Å². The quantitative estimate of drug-likeness (QED) is 0.881. The van der Waals surface area contributed by atoms with Crippen molar-refractivity contribution in [2.75, 3.05) is 32.4 Å². The summed E-state index contributed by atoms with van der Waals surface area (Å²) in [4.78, 5) is 4.24. The molecule has 0 atom stereocenters. The lowest BCUT2D eigenvalue weighted by Crippen LogP contribution is -2.00. The first-order valence-corrected chi connectivity index (χ1v) is 6.38. The van der Waals surface area contributed by atoms with Crippen molar-refractivity contribution < 1.29 is 14.2 Å². The first kappa shape index (κ1) is 14.8. The van der Waals surface area contributed by atoms with Gasteiger partial charge in [0.15, 0.2) is 11.5 Å². The number of aryl methyl sites for hydroxylation is 1. The van der Waals surface area contributed by atoms with Crippen LogP contribution in [-0.2, 0) is 0 Å². The predicted octanol–water partition coefficient (Wildman–Crippen LogP) is 2.74. The van der Waals surface area contributed by atoms with Crippen LogP contribution in [0.1, 0.15) is 5.56 Å². The zero-order valence-corrected chi connectivity index (χ0v) is 12.6. The number of hydrogen-bond donors (Lipinski definition) is 2. The van der Waals surface area contributed by atoms with E-state index in [0.29, 0.717) is 28.8 Å². The standard InChI is InChI=1S/C15H19N3O3/c1-9-5-14(17-8-11(9)16)18-10-6-12(19-2)15(21-4)13(7-10)20-3/h5-8H,16H2,1-4H3,(H,17,18). The molecule has 2 rings (SSSR count). The van der Waals surface area contributed by atoms with Gasteiger partial charge in [-0.25, -0.2) is 4.98 Å². The van der Waals surface area contributed by atoms with E-state index in [9.17, 15) is 0 Å². The van der Waals surface area contributed by atoms with Crippen LogP contribution in [0.25, 0.3) is 0 Å². The molecule has 0 bridgehead atoms. The predicted molar refractivity (Wildman–Crippen MR) is 82.8 cm³/mol. The molecule has 0 fully saturated rings. The van der Waals surface area contributed by atoms with E-state index >= 15 is 0 Å². The van der Waals surface area contributed by atoms with Gasteiger partial charge < -0.3 is 25.3 Å². The van der Waals surface area contributed by atoms with Gasteiger partial charge in [0.1, 0.15) is 5.82 Å². The summed E-state index contributed by atoms with van der Waals surface area (Å²) in [5.74, 6) is 2.39. The van der Waals surface area contributed by atoms with Crippen LogP contribution >= 0.6 is 0 Å². The van der Waals surface area contributed by atoms with Crippen molar-refractivity contribution in [3.05, 3.63) is 30.0 Å². The Morgan fingerprint density at radius 3 is 2.10 bits per heavy atom. The number of nitrogens with one attached hydrogen (secondary N) is 1. The van der Waals surface area contributed by atoms with Crippen molar-refractivity contribution in [2.24, 2.45) is 0 Å². The van der Waals surface area contributed by atoms with Crippen molar-refractivity contribution in [2.45, 2.75) is 6.92 Å². The number of nitrogens with two attached hydrogens (primary N) is 1. The molecule has 6 heteroatoms. The highest BCUT2D eigenvalue weighted by Gasteiger charge is 2.13. The van der Waals surface area contributed by atoms with Gasteiger partial charge in [-0.1, -0.05) is 0 Å². The van der Waals surface area contributed by atoms with Gasteiger partial charge in [-0.2, -0.15) is 0 Å². The largest absolute Gasteiger partial charge is 0.493 e. The number of nitrogen functional groups attached to an aromatic ring is 1. The normalized spacial score (nSPS) is 10.1. The van der Waals surface area contributed by atoms with Crippen molar-refractivity contribution in [3.8, 4) is 17.2 Å². The lowest BCUT2D eigenvalue weighted by Gasteiger charge is -2.15. The third kappa shape index (κ3) is 3.10. The van der Waals surface area contributed by atoms with Gasteiger partial charge in [0.2, 0.25) is 5.75 Å². The monoisotopic (exact) mass is 289 g/mol. The summed E-state index contributed by atoms with van der Waals surface area (Å²) in [6, 6.07) is 5.50. The van der Waals surface area contributed by atoms with Gasteiger partial charge in [-0.05, 0) is 18.6 Å². The van der Waals surface area contributed by atoms with Crippen LogP contribution in [0.3, 0.4) is 0 Å². The molecule has 2 aromatic rings. The van der Waals surface area contributed by atoms with Crippen LogP contribution in [0, 0.1) is 6.92 Å². The molecule has 0 saturated carbocycles. The van der Waals surface area contributed by atoms with Gasteiger partial charge >= 0.3 is 0 Å². The van der Waals surface area contributed by atoms with Gasteiger partial charge in [0, 0.05) is 17.8 Å². The molecule has 0 aliphatic carbocycles. The number of methoxy groups -OCH3 is 3. The molecule has 0 spiro atoms. The summed E-state index contributed by atoms with van der Waals surface area (Å²) in [5, 5.41) is 3.19. The number of rotatable bonds is 5. The lowest BCUT2D eigenvalue weighted by molar-refractivity contribution is 0.324. The average molecular weight is 289 g/mol. The molecule has 21 heavy (non-hydrogen) atoms. The molecule has 1 heterocycles. The highest BCUT2D eigenvalue weighted by Crippen LogP contribution is 2.40. The molecule has 0 unspecified atom stereocenters. The van der Waals surface area contributed by atoms with E-state index in [-0.39, 0.29) is 0 Å². The SMILES string of the molecule is COc1cc(Nc2cc(C)c(N)cn2)cc(OC)c1OC. The highest BCUT2D eigenvalue weighted by atomic mass is 16.5. The number of nitrogens with zero attached hydrogens (tertiary/aromatic N) is 1. The van der Waals surface area contributed by atoms with Crippen molar-refractivity contribution in [3.63, 3.8) is 0 Å². The Labute approximate surface area is 123 Å². The van der Waals surface area contributed by atoms with E-state index in [4.69, 9.17) is 19.9 Å². The number of pyridine rings is 1. The summed E-state index contributed by atoms with van der Waals surface area (Å²) >= 11 is 0. The molecule has 6 nitrogen and oxygen atoms in total. The van der Waals surface area contributed by atoms with Crippen LogP contribution in [0.2, 0.25) is 0 Å². The zero-order chi connectivity index (χ0) is 15.4. The fraction of sp³-hybridized carbons (Fsp3) is 0.267. The van der Waals surface area contributed by atoms with Crippen LogP contribution in [0.5, 0.6) is 17.2 Å². The highest BCUT2D eigenvalue weighted by molar-refractivity contribution is 5.67. The fourth-order valence-corrected chi connectivity index (χ4v) is 1.94. The summed E-state index contributed by atoms with van der Waals surface area (Å²) < 4.78 is 15.9. The fourth-order valence-electron chi connectivity index (χ4n) is 1.94. The minimum Gasteiger partial charge on any atom is -0.493 e. The van der Waals surface area contributed by atoms with Gasteiger partial charge in [0.25, 0.3) is 0 Å². The Balaban J connectivity index is 2.37. The average Bonchev–Trinajstić information content (AvgIpc) is 2.49. The summed E-state index contributed by atoms with van der Waals surface area (Å²) in [7, 11) is 4.72. The van der Waals surface area contributed by atoms with E-state index in [2.05, 4.69) is 10.3 Å². The Kier molecular flexibility index (Phi) is 4.37. The molecule has 1 aromatic carbocycles. The summed E-state index contributed by atoms with van der Waals surface area (Å²) in [6.45, 7) is 1.93. The van der Waals surface area contributed by atoms with Crippen LogP contribution in [-0.4, -0.2) is 26.3 Å². The maximum atomic E-state index is 5.76. The first-order valence-electron chi connectivity index (χ1n) is 6.38. The first-order chi connectivity index (χ1) is 10.1. The van der Waals surface area contributed by atoms with Crippen molar-refractivity contribution >= 4 is 17.2 Å². The minimum absolute atomic E-state index is 0.548. The van der Waals surface area contributed by atoms with Crippen molar-refractivity contribution in [1.82, 2.24) is 4.98 Å². The maximum absolute atomic E-state index is 5.76. The molecule has 0 aliphatic heterocycles. The van der Waals surface area contributed by atoms with Crippen LogP contribution in [0.15, 0.2) is 24.4 Å². The second kappa shape index (κ2) is 6.21. The van der Waals surface area contributed by atoms with E-state index in [0.717, 1.165) is 11.3 Å². The second-order valence-electron chi connectivity index (χ2n) is 4.47. The molecular weight excluding hydrogens is 270 g/mol. The Morgan fingerprint density at radius 1 is 1.00 bits per heavy atom. The molecule has 0 radical (unpaired) electrons. The lowest BCUT2D eigenvalue weighted by atomic mass is 10.2. The second-order valence-corrected chi connectivity index (χ2v) is 4.47. The smallest absolute Gasteiger partial charge is 0.203 e. The molecule has 1 aromatic heterocycles. The Bertz CT molecular complexity index is 619. The summed E-state index contributed by atoms with van der Waals surface area (Å²) in [6.07, 6.45) is 1.62. The number of anilines is 3. The third-order valence-electron chi connectivity index (χ3n) is 3.09. The number of aromatic nitrogens is 1. The maximum Gasteiger partial charge on any atom is 0.203 e. The molecule has 0 amide bonds. The number of benzene rings is 1. The van der Waals surface area contributed by atoms with Gasteiger partial charge in [0.05, 0.1) is 33.2 Å². The van der Waals surface area contributed by atoms with Crippen LogP contribution < -0.4 is 25.3 Å². The molecule has 112 valence electrons. The molecule has 0 saturated heterocycles. The molecule has 3 N–H and O–H groups in total. The van der Waals surface area contributed by atoms with E-state index < -0.39 is 0 Å². The number of ether oxygens (including phenoxy) is 3. The van der Waals surface area contributed by atoms with E-state index in [1.165, 1.54) is 0 Å². The van der Waals surface area contributed by atoms with Crippen molar-refractivity contribution in [1.29, 1.82) is 0 Å².